The van der Waals surface area contributed by atoms with Crippen LogP contribution in [-0.2, 0) is 0 Å². The standard InChI is InChI=1S/C15H23NO/c1-10-5-6-14(15(17-4)12(10)3)13-7-8-16-9-11(13)2/h5-6,11,13,16H,7-9H2,1-4H3. The zero-order chi connectivity index (χ0) is 12.4. The zero-order valence-corrected chi connectivity index (χ0v) is 11.3. The van der Waals surface area contributed by atoms with Crippen LogP contribution in [0, 0.1) is 19.8 Å². The summed E-state index contributed by atoms with van der Waals surface area (Å²) in [6.45, 7) is 8.86. The summed E-state index contributed by atoms with van der Waals surface area (Å²) in [5, 5.41) is 3.46. The number of rotatable bonds is 2. The highest BCUT2D eigenvalue weighted by atomic mass is 16.5. The normalized spacial score (nSPS) is 24.7. The van der Waals surface area contributed by atoms with Crippen molar-refractivity contribution < 1.29 is 4.74 Å². The maximum atomic E-state index is 5.64. The summed E-state index contributed by atoms with van der Waals surface area (Å²) in [7, 11) is 1.79. The molecule has 1 N–H and O–H groups in total. The van der Waals surface area contributed by atoms with Crippen LogP contribution in [0.1, 0.15) is 36.0 Å². The number of aryl methyl sites for hydroxylation is 1. The maximum absolute atomic E-state index is 5.64. The topological polar surface area (TPSA) is 21.3 Å². The van der Waals surface area contributed by atoms with Crippen LogP contribution >= 0.6 is 0 Å². The molecule has 1 aliphatic heterocycles. The molecule has 2 unspecified atom stereocenters. The number of ether oxygens (including phenoxy) is 1. The molecular formula is C15H23NO. The third-order valence-corrected chi connectivity index (χ3v) is 4.10. The van der Waals surface area contributed by atoms with E-state index in [2.05, 4.69) is 38.2 Å². The van der Waals surface area contributed by atoms with Crippen LogP contribution < -0.4 is 10.1 Å². The van der Waals surface area contributed by atoms with Gasteiger partial charge in [-0.05, 0) is 61.9 Å². The predicted octanol–water partition coefficient (Wildman–Crippen LogP) is 3.03. The molecule has 0 spiro atoms. The van der Waals surface area contributed by atoms with Gasteiger partial charge < -0.3 is 10.1 Å². The number of nitrogens with one attached hydrogen (secondary N) is 1. The first-order valence-electron chi connectivity index (χ1n) is 6.50. The molecule has 17 heavy (non-hydrogen) atoms. The van der Waals surface area contributed by atoms with Gasteiger partial charge in [0.15, 0.2) is 0 Å². The van der Waals surface area contributed by atoms with E-state index in [0.717, 1.165) is 18.8 Å². The summed E-state index contributed by atoms with van der Waals surface area (Å²) in [5.41, 5.74) is 3.99. The molecule has 2 nitrogen and oxygen atoms in total. The summed E-state index contributed by atoms with van der Waals surface area (Å²) in [6, 6.07) is 4.48. The summed E-state index contributed by atoms with van der Waals surface area (Å²) in [6.07, 6.45) is 1.21. The average Bonchev–Trinajstić information content (AvgIpc) is 2.33. The minimum atomic E-state index is 0.630. The molecule has 0 amide bonds. The molecule has 2 atom stereocenters. The SMILES string of the molecule is COc1c(C2CCNCC2C)ccc(C)c1C. The first-order valence-corrected chi connectivity index (χ1v) is 6.50. The fourth-order valence-corrected chi connectivity index (χ4v) is 2.85. The Hall–Kier alpha value is -1.02. The molecular weight excluding hydrogens is 210 g/mol. The third-order valence-electron chi connectivity index (χ3n) is 4.10. The Balaban J connectivity index is 2.40. The van der Waals surface area contributed by atoms with E-state index in [-0.39, 0.29) is 0 Å². The summed E-state index contributed by atoms with van der Waals surface area (Å²) >= 11 is 0. The molecule has 0 bridgehead atoms. The quantitative estimate of drug-likeness (QED) is 0.848. The lowest BCUT2D eigenvalue weighted by atomic mass is 9.81. The minimum absolute atomic E-state index is 0.630. The molecule has 94 valence electrons. The molecule has 2 heteroatoms. The van der Waals surface area contributed by atoms with Crippen molar-refractivity contribution in [3.05, 3.63) is 28.8 Å². The number of hydrogen-bond acceptors (Lipinski definition) is 2. The van der Waals surface area contributed by atoms with Crippen LogP contribution in [0.3, 0.4) is 0 Å². The molecule has 1 fully saturated rings. The van der Waals surface area contributed by atoms with Gasteiger partial charge in [0.1, 0.15) is 5.75 Å². The molecule has 1 aromatic rings. The van der Waals surface area contributed by atoms with Gasteiger partial charge in [-0.25, -0.2) is 0 Å². The Labute approximate surface area is 104 Å². The Kier molecular flexibility index (Phi) is 3.72. The molecule has 0 aromatic heterocycles. The van der Waals surface area contributed by atoms with Crippen molar-refractivity contribution in [2.45, 2.75) is 33.1 Å². The highest BCUT2D eigenvalue weighted by Crippen LogP contribution is 2.38. The van der Waals surface area contributed by atoms with Crippen LogP contribution in [0.25, 0.3) is 0 Å². The number of hydrogen-bond donors (Lipinski definition) is 1. The van der Waals surface area contributed by atoms with E-state index in [1.54, 1.807) is 7.11 Å². The minimum Gasteiger partial charge on any atom is -0.496 e. The van der Waals surface area contributed by atoms with E-state index in [1.165, 1.54) is 23.1 Å². The monoisotopic (exact) mass is 233 g/mol. The van der Waals surface area contributed by atoms with E-state index >= 15 is 0 Å². The smallest absolute Gasteiger partial charge is 0.125 e. The fourth-order valence-electron chi connectivity index (χ4n) is 2.85. The maximum Gasteiger partial charge on any atom is 0.125 e. The second-order valence-corrected chi connectivity index (χ2v) is 5.21. The first kappa shape index (κ1) is 12.4. The summed E-state index contributed by atoms with van der Waals surface area (Å²) in [5.74, 6) is 2.41. The third kappa shape index (κ3) is 2.32. The Morgan fingerprint density at radius 2 is 2.06 bits per heavy atom. The van der Waals surface area contributed by atoms with Crippen molar-refractivity contribution >= 4 is 0 Å². The molecule has 1 saturated heterocycles. The molecule has 0 aliphatic carbocycles. The fraction of sp³-hybridized carbons (Fsp3) is 0.600. The molecule has 1 heterocycles. The van der Waals surface area contributed by atoms with Crippen LogP contribution in [-0.4, -0.2) is 20.2 Å². The van der Waals surface area contributed by atoms with Crippen molar-refractivity contribution in [3.63, 3.8) is 0 Å². The van der Waals surface area contributed by atoms with Crippen molar-refractivity contribution in [1.82, 2.24) is 5.32 Å². The van der Waals surface area contributed by atoms with Gasteiger partial charge >= 0.3 is 0 Å². The largest absolute Gasteiger partial charge is 0.496 e. The lowest BCUT2D eigenvalue weighted by Gasteiger charge is -2.31. The zero-order valence-electron chi connectivity index (χ0n) is 11.3. The first-order chi connectivity index (χ1) is 8.15. The summed E-state index contributed by atoms with van der Waals surface area (Å²) < 4.78 is 5.64. The van der Waals surface area contributed by atoms with Crippen molar-refractivity contribution in [2.24, 2.45) is 5.92 Å². The van der Waals surface area contributed by atoms with E-state index in [4.69, 9.17) is 4.74 Å². The highest BCUT2D eigenvalue weighted by molar-refractivity contribution is 5.47. The number of benzene rings is 1. The van der Waals surface area contributed by atoms with Gasteiger partial charge in [-0.3, -0.25) is 0 Å². The van der Waals surface area contributed by atoms with Crippen molar-refractivity contribution in [3.8, 4) is 5.75 Å². The van der Waals surface area contributed by atoms with E-state index in [1.807, 2.05) is 0 Å². The summed E-state index contributed by atoms with van der Waals surface area (Å²) in [4.78, 5) is 0. The highest BCUT2D eigenvalue weighted by Gasteiger charge is 2.26. The van der Waals surface area contributed by atoms with Gasteiger partial charge in [0.2, 0.25) is 0 Å². The number of methoxy groups -OCH3 is 1. The van der Waals surface area contributed by atoms with Crippen LogP contribution in [0.5, 0.6) is 5.75 Å². The van der Waals surface area contributed by atoms with E-state index in [0.29, 0.717) is 11.8 Å². The van der Waals surface area contributed by atoms with Crippen LogP contribution in [0.2, 0.25) is 0 Å². The molecule has 2 rings (SSSR count). The molecule has 0 radical (unpaired) electrons. The van der Waals surface area contributed by atoms with Crippen molar-refractivity contribution in [1.29, 1.82) is 0 Å². The number of piperidine rings is 1. The van der Waals surface area contributed by atoms with E-state index < -0.39 is 0 Å². The molecule has 1 aromatic carbocycles. The second-order valence-electron chi connectivity index (χ2n) is 5.21. The molecule has 0 saturated carbocycles. The van der Waals surface area contributed by atoms with Crippen LogP contribution in [0.15, 0.2) is 12.1 Å². The van der Waals surface area contributed by atoms with Gasteiger partial charge in [-0.2, -0.15) is 0 Å². The van der Waals surface area contributed by atoms with Gasteiger partial charge in [0, 0.05) is 0 Å². The van der Waals surface area contributed by atoms with Crippen molar-refractivity contribution in [2.75, 3.05) is 20.2 Å². The van der Waals surface area contributed by atoms with E-state index in [9.17, 15) is 0 Å². The Morgan fingerprint density at radius 3 is 2.71 bits per heavy atom. The van der Waals surface area contributed by atoms with Gasteiger partial charge in [0.25, 0.3) is 0 Å². The lowest BCUT2D eigenvalue weighted by molar-refractivity contribution is 0.333. The second kappa shape index (κ2) is 5.09. The predicted molar refractivity (Wildman–Crippen MR) is 71.9 cm³/mol. The Bertz CT molecular complexity index is 400. The van der Waals surface area contributed by atoms with Gasteiger partial charge in [-0.15, -0.1) is 0 Å². The van der Waals surface area contributed by atoms with Gasteiger partial charge in [0.05, 0.1) is 7.11 Å². The molecule has 1 aliphatic rings. The van der Waals surface area contributed by atoms with Gasteiger partial charge in [-0.1, -0.05) is 19.1 Å². The van der Waals surface area contributed by atoms with Crippen LogP contribution in [0.4, 0.5) is 0 Å². The Morgan fingerprint density at radius 1 is 1.29 bits per heavy atom. The lowest BCUT2D eigenvalue weighted by Crippen LogP contribution is -2.34. The average molecular weight is 233 g/mol.